The van der Waals surface area contributed by atoms with Gasteiger partial charge in [-0.2, -0.15) is 0 Å². The second-order valence-corrected chi connectivity index (χ2v) is 5.58. The van der Waals surface area contributed by atoms with Crippen LogP contribution in [0.3, 0.4) is 0 Å². The van der Waals surface area contributed by atoms with Crippen LogP contribution in [0.5, 0.6) is 11.5 Å². The highest BCUT2D eigenvalue weighted by Gasteiger charge is 2.09. The lowest BCUT2D eigenvalue weighted by Crippen LogP contribution is -1.90. The number of phenolic OH excluding ortho intramolecular Hbond substituents is 2. The van der Waals surface area contributed by atoms with Crippen LogP contribution >= 0.6 is 0 Å². The van der Waals surface area contributed by atoms with Gasteiger partial charge >= 0.3 is 0 Å². The maximum Gasteiger partial charge on any atom is 0.115 e. The van der Waals surface area contributed by atoms with Crippen LogP contribution < -0.4 is 0 Å². The largest absolute Gasteiger partial charge is 0.508 e. The summed E-state index contributed by atoms with van der Waals surface area (Å²) in [6, 6.07) is 18.9. The Kier molecular flexibility index (Phi) is 3.60. The first-order valence-corrected chi connectivity index (χ1v) is 7.24. The van der Waals surface area contributed by atoms with Crippen molar-refractivity contribution in [2.24, 2.45) is 0 Å². The Balaban J connectivity index is 2.14. The molecule has 0 unspecified atom stereocenters. The minimum Gasteiger partial charge on any atom is -0.508 e. The van der Waals surface area contributed by atoms with Crippen LogP contribution in [0, 0.1) is 13.8 Å². The van der Waals surface area contributed by atoms with Crippen LogP contribution in [0.2, 0.25) is 0 Å². The number of hydrogen-bond donors (Lipinski definition) is 2. The van der Waals surface area contributed by atoms with Crippen molar-refractivity contribution in [3.63, 3.8) is 0 Å². The molecular formula is C20H18O2. The molecule has 0 aromatic heterocycles. The molecule has 0 aliphatic rings. The first-order valence-electron chi connectivity index (χ1n) is 7.24. The lowest BCUT2D eigenvalue weighted by atomic mass is 9.92. The number of hydrogen-bond acceptors (Lipinski definition) is 2. The van der Waals surface area contributed by atoms with Gasteiger partial charge in [0.25, 0.3) is 0 Å². The van der Waals surface area contributed by atoms with Gasteiger partial charge in [-0.25, -0.2) is 0 Å². The van der Waals surface area contributed by atoms with Crippen LogP contribution in [-0.4, -0.2) is 10.2 Å². The predicted molar refractivity (Wildman–Crippen MR) is 90.1 cm³/mol. The third-order valence-corrected chi connectivity index (χ3v) is 3.93. The lowest BCUT2D eigenvalue weighted by molar-refractivity contribution is 0.475. The second-order valence-electron chi connectivity index (χ2n) is 5.58. The fourth-order valence-corrected chi connectivity index (χ4v) is 2.76. The zero-order valence-corrected chi connectivity index (χ0v) is 12.7. The minimum absolute atomic E-state index is 0.271. The van der Waals surface area contributed by atoms with E-state index in [1.165, 1.54) is 11.1 Å². The lowest BCUT2D eigenvalue weighted by Gasteiger charge is -2.13. The molecule has 0 saturated carbocycles. The van der Waals surface area contributed by atoms with E-state index in [-0.39, 0.29) is 11.5 Å². The summed E-state index contributed by atoms with van der Waals surface area (Å²) in [5, 5.41) is 18.9. The van der Waals surface area contributed by atoms with Gasteiger partial charge in [-0.05, 0) is 77.6 Å². The third kappa shape index (κ3) is 2.68. The number of aromatic hydroxyl groups is 2. The van der Waals surface area contributed by atoms with E-state index in [9.17, 15) is 10.2 Å². The molecule has 3 rings (SSSR count). The third-order valence-electron chi connectivity index (χ3n) is 3.93. The predicted octanol–water partition coefficient (Wildman–Crippen LogP) is 5.05. The normalized spacial score (nSPS) is 10.6. The Hall–Kier alpha value is -2.74. The molecule has 110 valence electrons. The molecule has 0 aliphatic carbocycles. The van der Waals surface area contributed by atoms with Gasteiger partial charge in [0.05, 0.1) is 0 Å². The molecule has 0 aliphatic heterocycles. The Bertz CT molecular complexity index is 734. The summed E-state index contributed by atoms with van der Waals surface area (Å²) >= 11 is 0. The minimum atomic E-state index is 0.271. The summed E-state index contributed by atoms with van der Waals surface area (Å²) in [4.78, 5) is 0. The van der Waals surface area contributed by atoms with Gasteiger partial charge < -0.3 is 10.2 Å². The highest BCUT2D eigenvalue weighted by Crippen LogP contribution is 2.33. The molecule has 2 N–H and O–H groups in total. The Labute approximate surface area is 130 Å². The zero-order valence-electron chi connectivity index (χ0n) is 12.7. The molecule has 0 spiro atoms. The van der Waals surface area contributed by atoms with Crippen LogP contribution in [0.15, 0.2) is 60.7 Å². The molecule has 0 radical (unpaired) electrons. The molecule has 0 fully saturated rings. The van der Waals surface area contributed by atoms with Crippen LogP contribution in [0.4, 0.5) is 0 Å². The first kappa shape index (κ1) is 14.2. The van der Waals surface area contributed by atoms with Crippen molar-refractivity contribution in [3.05, 3.63) is 71.8 Å². The molecule has 2 heteroatoms. The van der Waals surface area contributed by atoms with Crippen molar-refractivity contribution in [2.45, 2.75) is 13.8 Å². The molecular weight excluding hydrogens is 272 g/mol. The monoisotopic (exact) mass is 290 g/mol. The van der Waals surface area contributed by atoms with Crippen molar-refractivity contribution < 1.29 is 10.2 Å². The quantitative estimate of drug-likeness (QED) is 0.693. The van der Waals surface area contributed by atoms with Crippen LogP contribution in [-0.2, 0) is 0 Å². The molecule has 22 heavy (non-hydrogen) atoms. The van der Waals surface area contributed by atoms with Crippen molar-refractivity contribution in [1.82, 2.24) is 0 Å². The highest BCUT2D eigenvalue weighted by atomic mass is 16.3. The average Bonchev–Trinajstić information content (AvgIpc) is 2.50. The number of benzene rings is 3. The molecule has 0 saturated heterocycles. The summed E-state index contributed by atoms with van der Waals surface area (Å²) in [7, 11) is 0. The molecule has 0 atom stereocenters. The van der Waals surface area contributed by atoms with E-state index < -0.39 is 0 Å². The molecule has 0 bridgehead atoms. The van der Waals surface area contributed by atoms with Gasteiger partial charge in [-0.15, -0.1) is 0 Å². The van der Waals surface area contributed by atoms with E-state index in [0.717, 1.165) is 22.3 Å². The number of phenols is 2. The summed E-state index contributed by atoms with van der Waals surface area (Å²) in [5.74, 6) is 0.541. The van der Waals surface area contributed by atoms with Gasteiger partial charge in [0.1, 0.15) is 11.5 Å². The SMILES string of the molecule is Cc1cc(C)c(-c2ccc(O)cc2)cc1-c1ccc(O)cc1. The van der Waals surface area contributed by atoms with Crippen molar-refractivity contribution >= 4 is 0 Å². The van der Waals surface area contributed by atoms with Gasteiger partial charge in [0.2, 0.25) is 0 Å². The van der Waals surface area contributed by atoms with Gasteiger partial charge in [-0.3, -0.25) is 0 Å². The van der Waals surface area contributed by atoms with Crippen LogP contribution in [0.1, 0.15) is 11.1 Å². The number of rotatable bonds is 2. The Morgan fingerprint density at radius 3 is 1.27 bits per heavy atom. The van der Waals surface area contributed by atoms with E-state index in [1.54, 1.807) is 24.3 Å². The number of aryl methyl sites for hydroxylation is 2. The van der Waals surface area contributed by atoms with Crippen molar-refractivity contribution in [3.8, 4) is 33.8 Å². The highest BCUT2D eigenvalue weighted by molar-refractivity contribution is 5.78. The summed E-state index contributed by atoms with van der Waals surface area (Å²) in [6.07, 6.45) is 0. The van der Waals surface area contributed by atoms with E-state index in [4.69, 9.17) is 0 Å². The molecule has 0 heterocycles. The Morgan fingerprint density at radius 2 is 0.909 bits per heavy atom. The van der Waals surface area contributed by atoms with Gasteiger partial charge in [0.15, 0.2) is 0 Å². The van der Waals surface area contributed by atoms with E-state index in [1.807, 2.05) is 24.3 Å². The maximum absolute atomic E-state index is 9.45. The van der Waals surface area contributed by atoms with E-state index in [0.29, 0.717) is 0 Å². The van der Waals surface area contributed by atoms with Crippen LogP contribution in [0.25, 0.3) is 22.3 Å². The van der Waals surface area contributed by atoms with Gasteiger partial charge in [-0.1, -0.05) is 30.3 Å². The average molecular weight is 290 g/mol. The molecule has 3 aromatic carbocycles. The maximum atomic E-state index is 9.45. The molecule has 3 aromatic rings. The zero-order chi connectivity index (χ0) is 15.7. The van der Waals surface area contributed by atoms with Crippen molar-refractivity contribution in [2.75, 3.05) is 0 Å². The van der Waals surface area contributed by atoms with Crippen molar-refractivity contribution in [1.29, 1.82) is 0 Å². The van der Waals surface area contributed by atoms with E-state index >= 15 is 0 Å². The first-order chi connectivity index (χ1) is 10.5. The van der Waals surface area contributed by atoms with Gasteiger partial charge in [0, 0.05) is 0 Å². The summed E-state index contributed by atoms with van der Waals surface area (Å²) < 4.78 is 0. The standard InChI is InChI=1S/C20H18O2/c1-13-11-14(2)20(16-5-9-18(22)10-6-16)12-19(13)15-3-7-17(21)8-4-15/h3-12,21-22H,1-2H3. The smallest absolute Gasteiger partial charge is 0.115 e. The summed E-state index contributed by atoms with van der Waals surface area (Å²) in [6.45, 7) is 4.19. The molecule has 0 amide bonds. The fourth-order valence-electron chi connectivity index (χ4n) is 2.76. The second kappa shape index (κ2) is 5.57. The molecule has 2 nitrogen and oxygen atoms in total. The fraction of sp³-hybridized carbons (Fsp3) is 0.100. The Morgan fingerprint density at radius 1 is 0.545 bits per heavy atom. The topological polar surface area (TPSA) is 40.5 Å². The summed E-state index contributed by atoms with van der Waals surface area (Å²) in [5.41, 5.74) is 6.85. The van der Waals surface area contributed by atoms with E-state index in [2.05, 4.69) is 26.0 Å².